The summed E-state index contributed by atoms with van der Waals surface area (Å²) in [5.74, 6) is 0.481. The van der Waals surface area contributed by atoms with Crippen molar-refractivity contribution in [2.45, 2.75) is 45.7 Å². The number of nitrogens with zero attached hydrogens (tertiary/aromatic N) is 4. The van der Waals surface area contributed by atoms with E-state index in [4.69, 9.17) is 5.73 Å². The van der Waals surface area contributed by atoms with E-state index >= 15 is 0 Å². The van der Waals surface area contributed by atoms with Crippen LogP contribution in [0.4, 0.5) is 0 Å². The molecule has 0 bridgehead atoms. The molecule has 1 aliphatic rings. The number of nitrogens with two attached hydrogens (primary N) is 1. The number of likely N-dealkylation sites (tertiary alicyclic amines) is 1. The summed E-state index contributed by atoms with van der Waals surface area (Å²) in [6, 6.07) is -0.166. The lowest BCUT2D eigenvalue weighted by molar-refractivity contribution is -0.127. The SMILES string of the molecule is CCCn1ncnc1[C@@H](C)NC(=O)C1CCN(CC(N)=O)CC1. The number of nitrogens with one attached hydrogen (secondary N) is 1. The number of piperidine rings is 1. The first kappa shape index (κ1) is 17.4. The van der Waals surface area contributed by atoms with E-state index in [0.29, 0.717) is 0 Å². The fraction of sp³-hybridized carbons (Fsp3) is 0.733. The number of carbonyl (C=O) groups excluding carboxylic acids is 2. The molecular weight excluding hydrogens is 296 g/mol. The fourth-order valence-corrected chi connectivity index (χ4v) is 2.96. The molecule has 8 heteroatoms. The van der Waals surface area contributed by atoms with Crippen molar-refractivity contribution in [1.82, 2.24) is 25.0 Å². The molecule has 128 valence electrons. The normalized spacial score (nSPS) is 17.8. The lowest BCUT2D eigenvalue weighted by atomic mass is 9.95. The van der Waals surface area contributed by atoms with Crippen LogP contribution in [0.5, 0.6) is 0 Å². The van der Waals surface area contributed by atoms with E-state index in [1.165, 1.54) is 6.33 Å². The Balaban J connectivity index is 1.85. The van der Waals surface area contributed by atoms with E-state index in [2.05, 4.69) is 22.3 Å². The van der Waals surface area contributed by atoms with Crippen molar-refractivity contribution in [1.29, 1.82) is 0 Å². The molecule has 23 heavy (non-hydrogen) atoms. The maximum absolute atomic E-state index is 12.4. The first-order chi connectivity index (χ1) is 11.0. The van der Waals surface area contributed by atoms with Gasteiger partial charge in [0.05, 0.1) is 12.6 Å². The molecule has 8 nitrogen and oxygen atoms in total. The number of primary amides is 1. The van der Waals surface area contributed by atoms with Crippen LogP contribution in [-0.2, 0) is 16.1 Å². The van der Waals surface area contributed by atoms with Gasteiger partial charge in [0.15, 0.2) is 0 Å². The largest absolute Gasteiger partial charge is 0.369 e. The average Bonchev–Trinajstić information content (AvgIpc) is 2.96. The molecule has 0 aromatic carbocycles. The van der Waals surface area contributed by atoms with Gasteiger partial charge >= 0.3 is 0 Å². The minimum absolute atomic E-state index is 0.0240. The number of rotatable bonds is 7. The summed E-state index contributed by atoms with van der Waals surface area (Å²) in [5.41, 5.74) is 5.20. The fourth-order valence-electron chi connectivity index (χ4n) is 2.96. The van der Waals surface area contributed by atoms with Crippen molar-refractivity contribution in [3.8, 4) is 0 Å². The van der Waals surface area contributed by atoms with Crippen LogP contribution < -0.4 is 11.1 Å². The van der Waals surface area contributed by atoms with E-state index in [-0.39, 0.29) is 30.3 Å². The highest BCUT2D eigenvalue weighted by molar-refractivity contribution is 5.79. The maximum atomic E-state index is 12.4. The summed E-state index contributed by atoms with van der Waals surface area (Å²) in [6.07, 6.45) is 3.98. The Morgan fingerprint density at radius 1 is 1.43 bits per heavy atom. The Morgan fingerprint density at radius 3 is 2.74 bits per heavy atom. The van der Waals surface area contributed by atoms with Crippen molar-refractivity contribution in [2.24, 2.45) is 11.7 Å². The van der Waals surface area contributed by atoms with Crippen LogP contribution in [0.1, 0.15) is 45.0 Å². The quantitative estimate of drug-likeness (QED) is 0.738. The zero-order chi connectivity index (χ0) is 16.8. The van der Waals surface area contributed by atoms with Gasteiger partial charge in [0.2, 0.25) is 11.8 Å². The predicted molar refractivity (Wildman–Crippen MR) is 85.2 cm³/mol. The second-order valence-electron chi connectivity index (χ2n) is 6.09. The van der Waals surface area contributed by atoms with Crippen molar-refractivity contribution >= 4 is 11.8 Å². The van der Waals surface area contributed by atoms with Crippen molar-refractivity contribution < 1.29 is 9.59 Å². The summed E-state index contributed by atoms with van der Waals surface area (Å²) < 4.78 is 1.83. The van der Waals surface area contributed by atoms with Crippen molar-refractivity contribution in [3.05, 3.63) is 12.2 Å². The third kappa shape index (κ3) is 4.75. The number of hydrogen-bond donors (Lipinski definition) is 2. The minimum Gasteiger partial charge on any atom is -0.369 e. The lowest BCUT2D eigenvalue weighted by Crippen LogP contribution is -2.44. The van der Waals surface area contributed by atoms with Gasteiger partial charge in [-0.25, -0.2) is 9.67 Å². The van der Waals surface area contributed by atoms with Crippen LogP contribution in [0, 0.1) is 5.92 Å². The third-order valence-corrected chi connectivity index (χ3v) is 4.16. The second-order valence-corrected chi connectivity index (χ2v) is 6.09. The van der Waals surface area contributed by atoms with Gasteiger partial charge < -0.3 is 11.1 Å². The van der Waals surface area contributed by atoms with Gasteiger partial charge in [-0.05, 0) is 39.3 Å². The average molecular weight is 322 g/mol. The number of aryl methyl sites for hydroxylation is 1. The summed E-state index contributed by atoms with van der Waals surface area (Å²) in [5, 5.41) is 7.22. The molecule has 2 amide bonds. The second kappa shape index (κ2) is 8.05. The maximum Gasteiger partial charge on any atom is 0.231 e. The van der Waals surface area contributed by atoms with Crippen LogP contribution in [-0.4, -0.2) is 51.1 Å². The monoisotopic (exact) mass is 322 g/mol. The van der Waals surface area contributed by atoms with Gasteiger partial charge in [0.1, 0.15) is 12.2 Å². The molecule has 1 saturated heterocycles. The Morgan fingerprint density at radius 2 is 2.13 bits per heavy atom. The number of aromatic nitrogens is 3. The first-order valence-electron chi connectivity index (χ1n) is 8.20. The molecule has 0 spiro atoms. The van der Waals surface area contributed by atoms with Gasteiger partial charge in [-0.15, -0.1) is 0 Å². The van der Waals surface area contributed by atoms with Crippen LogP contribution >= 0.6 is 0 Å². The first-order valence-corrected chi connectivity index (χ1v) is 8.20. The van der Waals surface area contributed by atoms with E-state index in [0.717, 1.165) is 44.7 Å². The third-order valence-electron chi connectivity index (χ3n) is 4.16. The lowest BCUT2D eigenvalue weighted by Gasteiger charge is -2.30. The van der Waals surface area contributed by atoms with Crippen molar-refractivity contribution in [2.75, 3.05) is 19.6 Å². The van der Waals surface area contributed by atoms with Crippen LogP contribution in [0.15, 0.2) is 6.33 Å². The zero-order valence-electron chi connectivity index (χ0n) is 13.9. The molecule has 0 radical (unpaired) electrons. The number of hydrogen-bond acceptors (Lipinski definition) is 5. The minimum atomic E-state index is -0.322. The smallest absolute Gasteiger partial charge is 0.231 e. The highest BCUT2D eigenvalue weighted by Crippen LogP contribution is 2.19. The molecule has 2 rings (SSSR count). The topological polar surface area (TPSA) is 106 Å². The molecule has 1 aromatic heterocycles. The molecule has 3 N–H and O–H groups in total. The summed E-state index contributed by atoms with van der Waals surface area (Å²) in [7, 11) is 0. The highest BCUT2D eigenvalue weighted by atomic mass is 16.2. The zero-order valence-corrected chi connectivity index (χ0v) is 13.9. The summed E-state index contributed by atoms with van der Waals surface area (Å²) >= 11 is 0. The Bertz CT molecular complexity index is 536. The number of carbonyl (C=O) groups is 2. The molecule has 0 aliphatic carbocycles. The standard InChI is InChI=1S/C15H26N6O2/c1-3-6-21-14(17-10-18-21)11(2)19-15(23)12-4-7-20(8-5-12)9-13(16)22/h10-12H,3-9H2,1-2H3,(H2,16,22)(H,19,23)/t11-/m1/s1. The van der Waals surface area contributed by atoms with Gasteiger partial charge in [-0.3, -0.25) is 14.5 Å². The van der Waals surface area contributed by atoms with E-state index in [9.17, 15) is 9.59 Å². The van der Waals surface area contributed by atoms with Gasteiger partial charge in [-0.2, -0.15) is 5.10 Å². The van der Waals surface area contributed by atoms with Crippen LogP contribution in [0.25, 0.3) is 0 Å². The molecule has 2 heterocycles. The van der Waals surface area contributed by atoms with Gasteiger partial charge in [0, 0.05) is 12.5 Å². The molecule has 1 fully saturated rings. The predicted octanol–water partition coefficient (Wildman–Crippen LogP) is 0.0626. The van der Waals surface area contributed by atoms with Crippen molar-refractivity contribution in [3.63, 3.8) is 0 Å². The number of amides is 2. The molecule has 0 unspecified atom stereocenters. The molecule has 1 aliphatic heterocycles. The van der Waals surface area contributed by atoms with Gasteiger partial charge in [-0.1, -0.05) is 6.92 Å². The summed E-state index contributed by atoms with van der Waals surface area (Å²) in [6.45, 7) is 6.51. The van der Waals surface area contributed by atoms with E-state index in [1.54, 1.807) is 0 Å². The Hall–Kier alpha value is -1.96. The van der Waals surface area contributed by atoms with E-state index in [1.807, 2.05) is 16.5 Å². The molecule has 1 atom stereocenters. The molecule has 1 aromatic rings. The summed E-state index contributed by atoms with van der Waals surface area (Å²) in [4.78, 5) is 29.6. The Labute approximate surface area is 136 Å². The van der Waals surface area contributed by atoms with Gasteiger partial charge in [0.25, 0.3) is 0 Å². The van der Waals surface area contributed by atoms with Crippen LogP contribution in [0.2, 0.25) is 0 Å². The molecule has 0 saturated carbocycles. The van der Waals surface area contributed by atoms with Crippen LogP contribution in [0.3, 0.4) is 0 Å². The Kier molecular flexibility index (Phi) is 6.09. The van der Waals surface area contributed by atoms with E-state index < -0.39 is 0 Å². The highest BCUT2D eigenvalue weighted by Gasteiger charge is 2.27. The molecular formula is C15H26N6O2.